The lowest BCUT2D eigenvalue weighted by molar-refractivity contribution is 0.322. The third-order valence-corrected chi connectivity index (χ3v) is 3.34. The van der Waals surface area contributed by atoms with E-state index in [0.717, 1.165) is 37.3 Å². The van der Waals surface area contributed by atoms with Crippen molar-refractivity contribution in [3.63, 3.8) is 0 Å². The molecular formula is C14H17ClFN3O. The summed E-state index contributed by atoms with van der Waals surface area (Å²) in [5.41, 5.74) is 7.53. The highest BCUT2D eigenvalue weighted by molar-refractivity contribution is 5.85. The molecule has 20 heavy (non-hydrogen) atoms. The molecule has 1 aliphatic rings. The molecule has 2 N–H and O–H groups in total. The van der Waals surface area contributed by atoms with E-state index in [4.69, 9.17) is 10.2 Å². The zero-order valence-corrected chi connectivity index (χ0v) is 11.8. The Labute approximate surface area is 123 Å². The third kappa shape index (κ3) is 3.36. The monoisotopic (exact) mass is 297 g/mol. The van der Waals surface area contributed by atoms with Crippen molar-refractivity contribution in [2.75, 3.05) is 13.1 Å². The minimum Gasteiger partial charge on any atom is -0.444 e. The normalized spacial score (nSPS) is 19.0. The number of halogens is 2. The van der Waals surface area contributed by atoms with Crippen molar-refractivity contribution in [1.82, 2.24) is 9.88 Å². The lowest BCUT2D eigenvalue weighted by Gasteiger charge is -2.12. The van der Waals surface area contributed by atoms with Crippen molar-refractivity contribution >= 4 is 12.4 Å². The molecule has 2 aromatic rings. The Morgan fingerprint density at radius 2 is 2.10 bits per heavy atom. The number of likely N-dealkylation sites (tertiary alicyclic amines) is 1. The minimum absolute atomic E-state index is 0. The molecule has 3 rings (SSSR count). The molecule has 2 heterocycles. The first kappa shape index (κ1) is 15.0. The summed E-state index contributed by atoms with van der Waals surface area (Å²) in [6, 6.07) is 6.40. The maximum atomic E-state index is 12.8. The summed E-state index contributed by atoms with van der Waals surface area (Å²) in [4.78, 5) is 6.69. The number of aromatic nitrogens is 1. The smallest absolute Gasteiger partial charge is 0.226 e. The fourth-order valence-electron chi connectivity index (χ4n) is 2.34. The molecule has 108 valence electrons. The van der Waals surface area contributed by atoms with Crippen LogP contribution in [0, 0.1) is 5.82 Å². The van der Waals surface area contributed by atoms with Gasteiger partial charge < -0.3 is 10.2 Å². The molecule has 0 spiro atoms. The van der Waals surface area contributed by atoms with Gasteiger partial charge in [0.05, 0.1) is 5.69 Å². The summed E-state index contributed by atoms with van der Waals surface area (Å²) < 4.78 is 18.3. The van der Waals surface area contributed by atoms with E-state index in [0.29, 0.717) is 5.89 Å². The lowest BCUT2D eigenvalue weighted by atomic mass is 10.2. The van der Waals surface area contributed by atoms with Crippen molar-refractivity contribution < 1.29 is 8.81 Å². The highest BCUT2D eigenvalue weighted by Gasteiger charge is 2.20. The molecular weight excluding hydrogens is 281 g/mol. The van der Waals surface area contributed by atoms with Crippen molar-refractivity contribution in [2.24, 2.45) is 5.73 Å². The Morgan fingerprint density at radius 1 is 1.35 bits per heavy atom. The Kier molecular flexibility index (Phi) is 4.75. The predicted molar refractivity (Wildman–Crippen MR) is 77.0 cm³/mol. The first-order valence-corrected chi connectivity index (χ1v) is 6.39. The number of rotatable bonds is 3. The summed E-state index contributed by atoms with van der Waals surface area (Å²) in [7, 11) is 0. The highest BCUT2D eigenvalue weighted by Crippen LogP contribution is 2.20. The topological polar surface area (TPSA) is 55.3 Å². The Balaban J connectivity index is 0.00000147. The predicted octanol–water partition coefficient (Wildman–Crippen LogP) is 2.44. The number of nitrogens with two attached hydrogens (primary N) is 1. The van der Waals surface area contributed by atoms with Crippen LogP contribution in [0.15, 0.2) is 34.9 Å². The van der Waals surface area contributed by atoms with Crippen LogP contribution in [-0.2, 0) is 6.54 Å². The molecule has 0 saturated carbocycles. The number of benzene rings is 1. The first-order chi connectivity index (χ1) is 9.20. The van der Waals surface area contributed by atoms with Crippen molar-refractivity contribution in [2.45, 2.75) is 19.0 Å². The molecule has 0 unspecified atom stereocenters. The van der Waals surface area contributed by atoms with Crippen LogP contribution in [0.2, 0.25) is 0 Å². The Hall–Kier alpha value is -1.43. The summed E-state index contributed by atoms with van der Waals surface area (Å²) in [5.74, 6) is 0.264. The van der Waals surface area contributed by atoms with Gasteiger partial charge in [0.1, 0.15) is 12.1 Å². The van der Waals surface area contributed by atoms with Gasteiger partial charge in [-0.2, -0.15) is 0 Å². The molecule has 6 heteroatoms. The minimum atomic E-state index is -0.262. The quantitative estimate of drug-likeness (QED) is 0.945. The first-order valence-electron chi connectivity index (χ1n) is 6.39. The van der Waals surface area contributed by atoms with Gasteiger partial charge in [-0.1, -0.05) is 0 Å². The van der Waals surface area contributed by atoms with Gasteiger partial charge in [0, 0.05) is 31.2 Å². The Bertz CT molecular complexity index is 558. The van der Waals surface area contributed by atoms with Crippen molar-refractivity contribution in [1.29, 1.82) is 0 Å². The molecule has 1 saturated heterocycles. The van der Waals surface area contributed by atoms with E-state index in [1.165, 1.54) is 12.1 Å². The third-order valence-electron chi connectivity index (χ3n) is 3.34. The lowest BCUT2D eigenvalue weighted by Crippen LogP contribution is -2.26. The van der Waals surface area contributed by atoms with Gasteiger partial charge in [-0.05, 0) is 30.7 Å². The summed E-state index contributed by atoms with van der Waals surface area (Å²) in [5, 5.41) is 0. The molecule has 0 radical (unpaired) electrons. The van der Waals surface area contributed by atoms with E-state index in [1.54, 1.807) is 18.4 Å². The van der Waals surface area contributed by atoms with E-state index >= 15 is 0 Å². The second kappa shape index (κ2) is 6.35. The van der Waals surface area contributed by atoms with Gasteiger partial charge in [-0.25, -0.2) is 9.37 Å². The number of hydrogen-bond acceptors (Lipinski definition) is 4. The van der Waals surface area contributed by atoms with E-state index < -0.39 is 0 Å². The van der Waals surface area contributed by atoms with Crippen LogP contribution >= 0.6 is 12.4 Å². The van der Waals surface area contributed by atoms with Crippen LogP contribution in [0.5, 0.6) is 0 Å². The summed E-state index contributed by atoms with van der Waals surface area (Å²) in [6.07, 6.45) is 2.69. The number of nitrogens with zero attached hydrogens (tertiary/aromatic N) is 2. The average Bonchev–Trinajstić information content (AvgIpc) is 3.00. The zero-order valence-electron chi connectivity index (χ0n) is 11.0. The standard InChI is InChI=1S/C14H16FN3O.ClH/c15-11-3-1-10(2-4-11)14-17-13(9-19-14)8-18-6-5-12(16)7-18;/h1-4,9,12H,5-8,16H2;1H/t12-;/m1./s1. The van der Waals surface area contributed by atoms with Crippen molar-refractivity contribution in [3.8, 4) is 11.5 Å². The largest absolute Gasteiger partial charge is 0.444 e. The van der Waals surface area contributed by atoms with Crippen LogP contribution in [0.1, 0.15) is 12.1 Å². The molecule has 1 aromatic heterocycles. The Morgan fingerprint density at radius 3 is 2.75 bits per heavy atom. The van der Waals surface area contributed by atoms with Gasteiger partial charge in [0.2, 0.25) is 5.89 Å². The van der Waals surface area contributed by atoms with E-state index in [-0.39, 0.29) is 24.3 Å². The summed E-state index contributed by atoms with van der Waals surface area (Å²) in [6.45, 7) is 2.65. The molecule has 0 bridgehead atoms. The fraction of sp³-hybridized carbons (Fsp3) is 0.357. The van der Waals surface area contributed by atoms with Gasteiger partial charge in [0.25, 0.3) is 0 Å². The van der Waals surface area contributed by atoms with Crippen molar-refractivity contribution in [3.05, 3.63) is 42.0 Å². The second-order valence-electron chi connectivity index (χ2n) is 4.93. The number of oxazole rings is 1. The molecule has 1 aliphatic heterocycles. The van der Waals surface area contributed by atoms with Crippen LogP contribution in [0.25, 0.3) is 11.5 Å². The van der Waals surface area contributed by atoms with E-state index in [2.05, 4.69) is 9.88 Å². The fourth-order valence-corrected chi connectivity index (χ4v) is 2.34. The molecule has 0 aliphatic carbocycles. The molecule has 1 aromatic carbocycles. The molecule has 1 fully saturated rings. The van der Waals surface area contributed by atoms with Gasteiger partial charge >= 0.3 is 0 Å². The van der Waals surface area contributed by atoms with Gasteiger partial charge in [-0.3, -0.25) is 4.90 Å². The second-order valence-corrected chi connectivity index (χ2v) is 4.93. The highest BCUT2D eigenvalue weighted by atomic mass is 35.5. The maximum Gasteiger partial charge on any atom is 0.226 e. The average molecular weight is 298 g/mol. The summed E-state index contributed by atoms with van der Waals surface area (Å²) >= 11 is 0. The van der Waals surface area contributed by atoms with Crippen LogP contribution in [-0.4, -0.2) is 29.0 Å². The SMILES string of the molecule is Cl.N[C@@H]1CCN(Cc2coc(-c3ccc(F)cc3)n2)C1. The molecule has 0 amide bonds. The molecule has 1 atom stereocenters. The van der Waals surface area contributed by atoms with E-state index in [9.17, 15) is 4.39 Å². The zero-order chi connectivity index (χ0) is 13.2. The van der Waals surface area contributed by atoms with Crippen LogP contribution in [0.4, 0.5) is 4.39 Å². The number of hydrogen-bond donors (Lipinski definition) is 1. The van der Waals surface area contributed by atoms with Crippen LogP contribution in [0.3, 0.4) is 0 Å². The molecule has 4 nitrogen and oxygen atoms in total. The van der Waals surface area contributed by atoms with E-state index in [1.807, 2.05) is 0 Å². The van der Waals surface area contributed by atoms with Crippen LogP contribution < -0.4 is 5.73 Å². The van der Waals surface area contributed by atoms with Gasteiger partial charge in [-0.15, -0.1) is 12.4 Å². The maximum absolute atomic E-state index is 12.8. The van der Waals surface area contributed by atoms with Gasteiger partial charge in [0.15, 0.2) is 0 Å².